The number of benzene rings is 4. The summed E-state index contributed by atoms with van der Waals surface area (Å²) in [6.45, 7) is 3.97. The van der Waals surface area contributed by atoms with Crippen LogP contribution in [0.3, 0.4) is 0 Å². The van der Waals surface area contributed by atoms with Gasteiger partial charge in [-0.15, -0.1) is 11.3 Å². The Hall–Kier alpha value is -4.82. The first kappa shape index (κ1) is 32.6. The molecule has 0 saturated heterocycles. The minimum Gasteiger partial charge on any atom is -0.490 e. The lowest BCUT2D eigenvalue weighted by atomic mass is 10.1. The number of carbonyl (C=O) groups is 2. The first-order valence-electron chi connectivity index (χ1n) is 14.1. The SMILES string of the molecule is CCOc1cc(/C=N/NC(=O)c2ccc(-c3csc(Nc4ccc(C)cc4)n3)cc2)cc(I)c1OCC(=O)Nc1ccc(F)cc1. The fourth-order valence-electron chi connectivity index (χ4n) is 4.18. The van der Waals surface area contributed by atoms with Gasteiger partial charge >= 0.3 is 0 Å². The molecular weight excluding hydrogens is 720 g/mol. The van der Waals surface area contributed by atoms with Crippen molar-refractivity contribution in [3.8, 4) is 22.8 Å². The van der Waals surface area contributed by atoms with Gasteiger partial charge in [-0.25, -0.2) is 14.8 Å². The molecule has 3 N–H and O–H groups in total. The van der Waals surface area contributed by atoms with E-state index >= 15 is 0 Å². The molecule has 0 fully saturated rings. The molecule has 2 amide bonds. The Morgan fingerprint density at radius 2 is 1.70 bits per heavy atom. The highest BCUT2D eigenvalue weighted by Gasteiger charge is 2.14. The summed E-state index contributed by atoms with van der Waals surface area (Å²) >= 11 is 3.59. The van der Waals surface area contributed by atoms with Gasteiger partial charge in [0, 0.05) is 27.9 Å². The maximum atomic E-state index is 13.1. The number of hydrazone groups is 1. The molecule has 0 spiro atoms. The number of ether oxygens (including phenoxy) is 2. The quantitative estimate of drug-likeness (QED) is 0.0683. The van der Waals surface area contributed by atoms with Gasteiger partial charge in [0.25, 0.3) is 11.8 Å². The highest BCUT2D eigenvalue weighted by molar-refractivity contribution is 14.1. The molecule has 5 aromatic rings. The number of nitrogens with zero attached hydrogens (tertiary/aromatic N) is 2. The van der Waals surface area contributed by atoms with Crippen LogP contribution in [-0.2, 0) is 4.79 Å². The van der Waals surface area contributed by atoms with Crippen molar-refractivity contribution in [1.29, 1.82) is 0 Å². The first-order chi connectivity index (χ1) is 22.3. The van der Waals surface area contributed by atoms with Gasteiger partial charge < -0.3 is 20.1 Å². The summed E-state index contributed by atoms with van der Waals surface area (Å²) < 4.78 is 25.3. The highest BCUT2D eigenvalue weighted by Crippen LogP contribution is 2.34. The molecule has 46 heavy (non-hydrogen) atoms. The average Bonchev–Trinajstić information content (AvgIpc) is 3.51. The molecule has 0 saturated carbocycles. The van der Waals surface area contributed by atoms with Gasteiger partial charge in [0.2, 0.25) is 0 Å². The zero-order chi connectivity index (χ0) is 32.5. The molecule has 234 valence electrons. The van der Waals surface area contributed by atoms with E-state index in [4.69, 9.17) is 9.47 Å². The Labute approximate surface area is 283 Å². The third kappa shape index (κ3) is 8.88. The summed E-state index contributed by atoms with van der Waals surface area (Å²) in [6.07, 6.45) is 1.50. The smallest absolute Gasteiger partial charge is 0.271 e. The molecule has 12 heteroatoms. The zero-order valence-electron chi connectivity index (χ0n) is 24.8. The summed E-state index contributed by atoms with van der Waals surface area (Å²) in [5, 5.41) is 12.8. The number of thiazole rings is 1. The molecule has 1 heterocycles. The predicted octanol–water partition coefficient (Wildman–Crippen LogP) is 7.79. The Kier molecular flexibility index (Phi) is 10.9. The molecule has 0 aliphatic carbocycles. The molecule has 0 aliphatic rings. The lowest BCUT2D eigenvalue weighted by molar-refractivity contribution is -0.118. The standard InChI is InChI=1S/C34H29FIN5O4S/c1-3-44-30-17-22(16-28(36)32(30)45-19-31(42)38-26-14-10-25(35)11-15-26)18-37-41-33(43)24-8-6-23(7-9-24)29-20-46-34(40-29)39-27-12-4-21(2)5-13-27/h4-18,20H,3,19H2,1-2H3,(H,38,42)(H,39,40)(H,41,43)/b37-18+. The van der Waals surface area contributed by atoms with Gasteiger partial charge in [-0.1, -0.05) is 29.8 Å². The van der Waals surface area contributed by atoms with Crippen LogP contribution in [0.1, 0.15) is 28.4 Å². The van der Waals surface area contributed by atoms with Crippen LogP contribution in [0.15, 0.2) is 95.4 Å². The molecule has 0 unspecified atom stereocenters. The van der Waals surface area contributed by atoms with E-state index in [1.807, 2.05) is 55.6 Å². The molecule has 5 rings (SSSR count). The zero-order valence-corrected chi connectivity index (χ0v) is 27.8. The van der Waals surface area contributed by atoms with Crippen molar-refractivity contribution in [2.75, 3.05) is 23.8 Å². The van der Waals surface area contributed by atoms with Crippen LogP contribution in [0.5, 0.6) is 11.5 Å². The Balaban J connectivity index is 1.17. The van der Waals surface area contributed by atoms with E-state index in [9.17, 15) is 14.0 Å². The Bertz CT molecular complexity index is 1850. The molecular formula is C34H29FIN5O4S. The second-order valence-electron chi connectivity index (χ2n) is 9.91. The summed E-state index contributed by atoms with van der Waals surface area (Å²) in [5.41, 5.74) is 7.97. The summed E-state index contributed by atoms with van der Waals surface area (Å²) in [7, 11) is 0. The number of aromatic nitrogens is 1. The van der Waals surface area contributed by atoms with E-state index < -0.39 is 11.7 Å². The number of amides is 2. The molecule has 9 nitrogen and oxygen atoms in total. The maximum Gasteiger partial charge on any atom is 0.271 e. The highest BCUT2D eigenvalue weighted by atomic mass is 127. The number of hydrogen-bond donors (Lipinski definition) is 3. The molecule has 0 radical (unpaired) electrons. The number of halogens is 2. The lowest BCUT2D eigenvalue weighted by Gasteiger charge is -2.14. The topological polar surface area (TPSA) is 114 Å². The summed E-state index contributed by atoms with van der Waals surface area (Å²) in [5.74, 6) is -0.341. The maximum absolute atomic E-state index is 13.1. The van der Waals surface area contributed by atoms with Crippen molar-refractivity contribution < 1.29 is 23.5 Å². The van der Waals surface area contributed by atoms with Crippen molar-refractivity contribution in [3.05, 3.63) is 116 Å². The van der Waals surface area contributed by atoms with E-state index in [0.717, 1.165) is 22.1 Å². The molecule has 4 aromatic carbocycles. The number of carbonyl (C=O) groups excluding carboxylic acids is 2. The van der Waals surface area contributed by atoms with Gasteiger partial charge in [0.15, 0.2) is 23.2 Å². The second kappa shape index (κ2) is 15.5. The van der Waals surface area contributed by atoms with Gasteiger partial charge in [-0.05, 0) is 103 Å². The van der Waals surface area contributed by atoms with E-state index in [1.165, 1.54) is 47.4 Å². The average molecular weight is 750 g/mol. The van der Waals surface area contributed by atoms with Gasteiger partial charge in [0.05, 0.1) is 22.1 Å². The van der Waals surface area contributed by atoms with Crippen molar-refractivity contribution in [3.63, 3.8) is 0 Å². The first-order valence-corrected chi connectivity index (χ1v) is 16.1. The van der Waals surface area contributed by atoms with E-state index in [-0.39, 0.29) is 12.5 Å². The Morgan fingerprint density at radius 3 is 2.41 bits per heavy atom. The fraction of sp³-hybridized carbons (Fsp3) is 0.118. The number of anilines is 3. The van der Waals surface area contributed by atoms with Crippen LogP contribution >= 0.6 is 33.9 Å². The van der Waals surface area contributed by atoms with Crippen LogP contribution in [0.2, 0.25) is 0 Å². The monoisotopic (exact) mass is 749 g/mol. The minimum atomic E-state index is -0.405. The molecule has 0 atom stereocenters. The van der Waals surface area contributed by atoms with Crippen LogP contribution in [-0.4, -0.2) is 36.2 Å². The van der Waals surface area contributed by atoms with Crippen molar-refractivity contribution in [1.82, 2.24) is 10.4 Å². The fourth-order valence-corrected chi connectivity index (χ4v) is 5.70. The largest absolute Gasteiger partial charge is 0.490 e. The number of nitrogens with one attached hydrogen (secondary N) is 3. The normalized spacial score (nSPS) is 10.9. The predicted molar refractivity (Wildman–Crippen MR) is 188 cm³/mol. The molecule has 0 bridgehead atoms. The van der Waals surface area contributed by atoms with E-state index in [2.05, 4.69) is 48.7 Å². The second-order valence-corrected chi connectivity index (χ2v) is 11.9. The number of hydrogen-bond acceptors (Lipinski definition) is 8. The van der Waals surface area contributed by atoms with E-state index in [1.54, 1.807) is 24.3 Å². The van der Waals surface area contributed by atoms with Crippen molar-refractivity contribution in [2.45, 2.75) is 13.8 Å². The van der Waals surface area contributed by atoms with Crippen LogP contribution in [0, 0.1) is 16.3 Å². The lowest BCUT2D eigenvalue weighted by Crippen LogP contribution is -2.20. The van der Waals surface area contributed by atoms with Crippen molar-refractivity contribution >= 4 is 68.5 Å². The minimum absolute atomic E-state index is 0.274. The van der Waals surface area contributed by atoms with E-state index in [0.29, 0.717) is 38.5 Å². The molecule has 1 aromatic heterocycles. The van der Waals surface area contributed by atoms with Crippen molar-refractivity contribution in [2.24, 2.45) is 5.10 Å². The third-order valence-corrected chi connectivity index (χ3v) is 8.00. The number of aryl methyl sites for hydroxylation is 1. The van der Waals surface area contributed by atoms with Gasteiger partial charge in [-0.3, -0.25) is 9.59 Å². The van der Waals surface area contributed by atoms with Crippen LogP contribution in [0.4, 0.5) is 20.9 Å². The summed E-state index contributed by atoms with van der Waals surface area (Å²) in [4.78, 5) is 29.8. The van der Waals surface area contributed by atoms with Gasteiger partial charge in [0.1, 0.15) is 5.82 Å². The Morgan fingerprint density at radius 1 is 0.978 bits per heavy atom. The van der Waals surface area contributed by atoms with Gasteiger partial charge in [-0.2, -0.15) is 5.10 Å². The van der Waals surface area contributed by atoms with Crippen LogP contribution in [0.25, 0.3) is 11.3 Å². The summed E-state index contributed by atoms with van der Waals surface area (Å²) in [6, 6.07) is 24.2. The number of rotatable bonds is 12. The molecule has 0 aliphatic heterocycles. The third-order valence-electron chi connectivity index (χ3n) is 6.44. The van der Waals surface area contributed by atoms with Crippen LogP contribution < -0.4 is 25.5 Å².